The Bertz CT molecular complexity index is 113. The molecule has 0 bridgehead atoms. The normalized spacial score (nSPS) is 22.4. The number of thioether (sulfide) groups is 1. The molecule has 0 radical (unpaired) electrons. The summed E-state index contributed by atoms with van der Waals surface area (Å²) in [5.41, 5.74) is 0. The van der Waals surface area contributed by atoms with E-state index in [0.717, 1.165) is 18.6 Å². The summed E-state index contributed by atoms with van der Waals surface area (Å²) in [5, 5.41) is -0.0908. The first-order valence-electron chi connectivity index (χ1n) is 4.19. The molecule has 0 unspecified atom stereocenters. The Hall–Kier alpha value is -0.180. The summed E-state index contributed by atoms with van der Waals surface area (Å²) in [4.78, 5) is 10.8. The van der Waals surface area contributed by atoms with Crippen LogP contribution in [0.5, 0.6) is 0 Å². The van der Waals surface area contributed by atoms with Gasteiger partial charge in [-0.3, -0.25) is 0 Å². The fourth-order valence-electron chi connectivity index (χ4n) is 1.09. The average Bonchev–Trinajstić information content (AvgIpc) is 2.03. The van der Waals surface area contributed by atoms with E-state index in [4.69, 9.17) is 4.74 Å². The Balaban J connectivity index is 2.17. The Morgan fingerprint density at radius 3 is 2.73 bits per heavy atom. The number of hydrogen-bond donors (Lipinski definition) is 0. The zero-order valence-electron chi connectivity index (χ0n) is 6.67. The van der Waals surface area contributed by atoms with E-state index in [-0.39, 0.29) is 5.30 Å². The van der Waals surface area contributed by atoms with Gasteiger partial charge in [0.25, 0.3) is 0 Å². The lowest BCUT2D eigenvalue weighted by Gasteiger charge is -2.06. The minimum Gasteiger partial charge on any atom is -0.458 e. The number of ether oxygens (including phenoxy) is 1. The first-order chi connectivity index (χ1) is 5.39. The molecule has 3 heteroatoms. The van der Waals surface area contributed by atoms with Crippen molar-refractivity contribution in [3.63, 3.8) is 0 Å². The van der Waals surface area contributed by atoms with Crippen LogP contribution in [0.25, 0.3) is 0 Å². The van der Waals surface area contributed by atoms with Crippen LogP contribution in [-0.4, -0.2) is 17.7 Å². The van der Waals surface area contributed by atoms with E-state index in [0.29, 0.717) is 6.61 Å². The molecule has 0 aromatic carbocycles. The third-order valence-electron chi connectivity index (χ3n) is 1.73. The maximum atomic E-state index is 10.8. The number of carbonyl (C=O) groups is 1. The SMILES string of the molecule is O=C1OCCCCCCCS1. The lowest BCUT2D eigenvalue weighted by Crippen LogP contribution is -2.02. The van der Waals surface area contributed by atoms with Crippen molar-refractivity contribution in [2.45, 2.75) is 32.1 Å². The highest BCUT2D eigenvalue weighted by Gasteiger charge is 2.04. The predicted molar refractivity (Wildman–Crippen MR) is 46.9 cm³/mol. The van der Waals surface area contributed by atoms with E-state index < -0.39 is 0 Å². The maximum Gasteiger partial charge on any atom is 0.367 e. The monoisotopic (exact) mass is 174 g/mol. The second-order valence-corrected chi connectivity index (χ2v) is 3.74. The maximum absolute atomic E-state index is 10.8. The van der Waals surface area contributed by atoms with Gasteiger partial charge in [0.05, 0.1) is 6.61 Å². The molecule has 0 saturated carbocycles. The van der Waals surface area contributed by atoms with Crippen molar-refractivity contribution in [1.82, 2.24) is 0 Å². The summed E-state index contributed by atoms with van der Waals surface area (Å²) in [7, 11) is 0. The molecule has 1 aliphatic rings. The van der Waals surface area contributed by atoms with Crippen LogP contribution in [0.1, 0.15) is 32.1 Å². The first-order valence-corrected chi connectivity index (χ1v) is 5.18. The van der Waals surface area contributed by atoms with Crippen molar-refractivity contribution in [2.75, 3.05) is 12.4 Å². The molecule has 1 saturated heterocycles. The molecule has 1 rings (SSSR count). The van der Waals surface area contributed by atoms with E-state index in [2.05, 4.69) is 0 Å². The highest BCUT2D eigenvalue weighted by molar-refractivity contribution is 8.13. The highest BCUT2D eigenvalue weighted by Crippen LogP contribution is 2.13. The summed E-state index contributed by atoms with van der Waals surface area (Å²) < 4.78 is 4.94. The zero-order chi connectivity index (χ0) is 7.94. The van der Waals surface area contributed by atoms with Crippen molar-refractivity contribution in [3.05, 3.63) is 0 Å². The van der Waals surface area contributed by atoms with Crippen molar-refractivity contribution in [3.8, 4) is 0 Å². The molecule has 0 amide bonds. The van der Waals surface area contributed by atoms with Gasteiger partial charge < -0.3 is 4.74 Å². The van der Waals surface area contributed by atoms with Crippen molar-refractivity contribution >= 4 is 17.1 Å². The van der Waals surface area contributed by atoms with Crippen LogP contribution in [-0.2, 0) is 4.74 Å². The van der Waals surface area contributed by atoms with Crippen LogP contribution in [0, 0.1) is 0 Å². The largest absolute Gasteiger partial charge is 0.458 e. The van der Waals surface area contributed by atoms with Crippen LogP contribution in [0.15, 0.2) is 0 Å². The topological polar surface area (TPSA) is 26.3 Å². The van der Waals surface area contributed by atoms with Gasteiger partial charge in [0.15, 0.2) is 0 Å². The Morgan fingerprint density at radius 2 is 1.82 bits per heavy atom. The number of rotatable bonds is 0. The Morgan fingerprint density at radius 1 is 1.09 bits per heavy atom. The fourth-order valence-corrected chi connectivity index (χ4v) is 1.77. The van der Waals surface area contributed by atoms with Crippen molar-refractivity contribution < 1.29 is 9.53 Å². The summed E-state index contributed by atoms with van der Waals surface area (Å²) in [6.45, 7) is 0.617. The third kappa shape index (κ3) is 4.30. The molecule has 0 aromatic heterocycles. The number of cyclic esters (lactones) is 1. The zero-order valence-corrected chi connectivity index (χ0v) is 7.49. The van der Waals surface area contributed by atoms with Gasteiger partial charge in [-0.1, -0.05) is 19.3 Å². The number of carbonyl (C=O) groups excluding carboxylic acids is 1. The molecule has 1 heterocycles. The van der Waals surface area contributed by atoms with Crippen LogP contribution < -0.4 is 0 Å². The van der Waals surface area contributed by atoms with E-state index in [9.17, 15) is 4.79 Å². The van der Waals surface area contributed by atoms with Gasteiger partial charge in [0, 0.05) is 5.75 Å². The highest BCUT2D eigenvalue weighted by atomic mass is 32.2. The summed E-state index contributed by atoms with van der Waals surface area (Å²) in [5.74, 6) is 0.929. The number of hydrogen-bond acceptors (Lipinski definition) is 3. The van der Waals surface area contributed by atoms with Gasteiger partial charge >= 0.3 is 5.30 Å². The Labute approximate surface area is 71.7 Å². The molecule has 0 N–H and O–H groups in total. The lowest BCUT2D eigenvalue weighted by molar-refractivity contribution is 0.172. The lowest BCUT2D eigenvalue weighted by atomic mass is 10.2. The minimum absolute atomic E-state index is 0.0908. The van der Waals surface area contributed by atoms with E-state index in [1.54, 1.807) is 0 Å². The second-order valence-electron chi connectivity index (χ2n) is 2.71. The average molecular weight is 174 g/mol. The van der Waals surface area contributed by atoms with Gasteiger partial charge in [-0.05, 0) is 24.6 Å². The van der Waals surface area contributed by atoms with Crippen LogP contribution in [0.3, 0.4) is 0 Å². The molecule has 64 valence electrons. The molecule has 0 aromatic rings. The van der Waals surface area contributed by atoms with Crippen LogP contribution in [0.4, 0.5) is 4.79 Å². The van der Waals surface area contributed by atoms with E-state index in [1.165, 1.54) is 31.0 Å². The molecule has 0 atom stereocenters. The van der Waals surface area contributed by atoms with E-state index >= 15 is 0 Å². The quantitative estimate of drug-likeness (QED) is 0.528. The first kappa shape index (κ1) is 8.91. The molecular weight excluding hydrogens is 160 g/mol. The molecule has 2 nitrogen and oxygen atoms in total. The second kappa shape index (κ2) is 5.47. The van der Waals surface area contributed by atoms with Gasteiger partial charge in [0.2, 0.25) is 0 Å². The molecule has 1 fully saturated rings. The van der Waals surface area contributed by atoms with Crippen LogP contribution >= 0.6 is 11.8 Å². The smallest absolute Gasteiger partial charge is 0.367 e. The molecular formula is C8H14O2S. The summed E-state index contributed by atoms with van der Waals surface area (Å²) in [6, 6.07) is 0. The molecule has 0 spiro atoms. The minimum atomic E-state index is -0.0908. The summed E-state index contributed by atoms with van der Waals surface area (Å²) in [6.07, 6.45) is 5.95. The fraction of sp³-hybridized carbons (Fsp3) is 0.875. The van der Waals surface area contributed by atoms with Gasteiger partial charge in [-0.25, -0.2) is 4.79 Å². The van der Waals surface area contributed by atoms with Gasteiger partial charge in [0.1, 0.15) is 0 Å². The van der Waals surface area contributed by atoms with Crippen molar-refractivity contribution in [2.24, 2.45) is 0 Å². The van der Waals surface area contributed by atoms with E-state index in [1.807, 2.05) is 0 Å². The van der Waals surface area contributed by atoms with Gasteiger partial charge in [-0.15, -0.1) is 0 Å². The molecule has 1 aliphatic heterocycles. The Kier molecular flexibility index (Phi) is 4.43. The molecule has 11 heavy (non-hydrogen) atoms. The van der Waals surface area contributed by atoms with Crippen LogP contribution in [0.2, 0.25) is 0 Å². The molecule has 0 aliphatic carbocycles. The van der Waals surface area contributed by atoms with Gasteiger partial charge in [-0.2, -0.15) is 0 Å². The third-order valence-corrected chi connectivity index (χ3v) is 2.57. The standard InChI is InChI=1S/C8H14O2S/c9-8-10-6-4-2-1-3-5-7-11-8/h1-7H2. The predicted octanol–water partition coefficient (Wildman–Crippen LogP) is 2.82. The van der Waals surface area contributed by atoms with Crippen molar-refractivity contribution in [1.29, 1.82) is 0 Å². The summed E-state index contributed by atoms with van der Waals surface area (Å²) >= 11 is 1.31.